The lowest BCUT2D eigenvalue weighted by Crippen LogP contribution is -2.37. The van der Waals surface area contributed by atoms with E-state index in [2.05, 4.69) is 44.3 Å². The summed E-state index contributed by atoms with van der Waals surface area (Å²) >= 11 is 0. The Labute approximate surface area is 111 Å². The third kappa shape index (κ3) is 4.02. The minimum Gasteiger partial charge on any atom is -0.492 e. The zero-order valence-corrected chi connectivity index (χ0v) is 11.8. The van der Waals surface area contributed by atoms with Crippen LogP contribution in [0.3, 0.4) is 0 Å². The van der Waals surface area contributed by atoms with Crippen molar-refractivity contribution >= 4 is 0 Å². The molecule has 1 aromatic rings. The number of nitrogens with one attached hydrogen (secondary N) is 1. The highest BCUT2D eigenvalue weighted by Crippen LogP contribution is 2.33. The Hall–Kier alpha value is -1.02. The molecular weight excluding hydrogens is 222 g/mol. The van der Waals surface area contributed by atoms with Crippen LogP contribution >= 0.6 is 0 Å². The van der Waals surface area contributed by atoms with Crippen LogP contribution in [0.25, 0.3) is 0 Å². The van der Waals surface area contributed by atoms with Crippen LogP contribution in [0.1, 0.15) is 37.3 Å². The Morgan fingerprint density at radius 3 is 2.44 bits per heavy atom. The standard InChI is InChI=1S/C16H25NO/c1-4-7-17-16(14-5-6-14)11-18-15-9-12(2)8-13(3)10-15/h8-10,14,16-17H,4-7,11H2,1-3H3. The Morgan fingerprint density at radius 2 is 1.89 bits per heavy atom. The summed E-state index contributed by atoms with van der Waals surface area (Å²) in [6.07, 6.45) is 3.90. The first-order valence-electron chi connectivity index (χ1n) is 7.13. The van der Waals surface area contributed by atoms with Gasteiger partial charge in [-0.15, -0.1) is 0 Å². The molecule has 2 rings (SSSR count). The number of ether oxygens (including phenoxy) is 1. The third-order valence-electron chi connectivity index (χ3n) is 3.47. The first-order valence-corrected chi connectivity index (χ1v) is 7.13. The van der Waals surface area contributed by atoms with Crippen molar-refractivity contribution < 1.29 is 4.74 Å². The summed E-state index contributed by atoms with van der Waals surface area (Å²) < 4.78 is 5.97. The summed E-state index contributed by atoms with van der Waals surface area (Å²) in [5, 5.41) is 3.61. The Kier molecular flexibility index (Phi) is 4.65. The topological polar surface area (TPSA) is 21.3 Å². The summed E-state index contributed by atoms with van der Waals surface area (Å²) in [5.41, 5.74) is 2.55. The van der Waals surface area contributed by atoms with Crippen molar-refractivity contribution in [3.8, 4) is 5.75 Å². The second-order valence-corrected chi connectivity index (χ2v) is 5.53. The van der Waals surface area contributed by atoms with Gasteiger partial charge < -0.3 is 10.1 Å². The van der Waals surface area contributed by atoms with E-state index in [-0.39, 0.29) is 0 Å². The van der Waals surface area contributed by atoms with Crippen LogP contribution < -0.4 is 10.1 Å². The number of aryl methyl sites for hydroxylation is 2. The van der Waals surface area contributed by atoms with Gasteiger partial charge in [-0.05, 0) is 68.8 Å². The molecule has 0 aliphatic heterocycles. The number of benzene rings is 1. The zero-order chi connectivity index (χ0) is 13.0. The predicted molar refractivity (Wildman–Crippen MR) is 76.2 cm³/mol. The molecule has 0 aromatic heterocycles. The molecule has 0 radical (unpaired) electrons. The van der Waals surface area contributed by atoms with Gasteiger partial charge in [0, 0.05) is 6.04 Å². The second kappa shape index (κ2) is 6.24. The molecule has 0 bridgehead atoms. The molecule has 100 valence electrons. The van der Waals surface area contributed by atoms with Gasteiger partial charge in [0.2, 0.25) is 0 Å². The highest BCUT2D eigenvalue weighted by atomic mass is 16.5. The minimum absolute atomic E-state index is 0.533. The van der Waals surface area contributed by atoms with Crippen molar-refractivity contribution in [2.45, 2.75) is 46.1 Å². The van der Waals surface area contributed by atoms with E-state index in [4.69, 9.17) is 4.74 Å². The van der Waals surface area contributed by atoms with Crippen LogP contribution in [0, 0.1) is 19.8 Å². The first kappa shape index (κ1) is 13.4. The van der Waals surface area contributed by atoms with E-state index in [1.54, 1.807) is 0 Å². The molecule has 2 heteroatoms. The maximum atomic E-state index is 5.97. The van der Waals surface area contributed by atoms with Gasteiger partial charge in [-0.2, -0.15) is 0 Å². The van der Waals surface area contributed by atoms with Crippen molar-refractivity contribution in [3.63, 3.8) is 0 Å². The van der Waals surface area contributed by atoms with E-state index in [9.17, 15) is 0 Å². The molecule has 0 saturated heterocycles. The van der Waals surface area contributed by atoms with E-state index in [1.807, 2.05) is 0 Å². The normalized spacial score (nSPS) is 16.6. The maximum Gasteiger partial charge on any atom is 0.119 e. The fourth-order valence-corrected chi connectivity index (χ4v) is 2.39. The van der Waals surface area contributed by atoms with Gasteiger partial charge in [0.15, 0.2) is 0 Å². The lowest BCUT2D eigenvalue weighted by molar-refractivity contribution is 0.249. The van der Waals surface area contributed by atoms with E-state index in [0.29, 0.717) is 6.04 Å². The summed E-state index contributed by atoms with van der Waals surface area (Å²) in [6, 6.07) is 6.96. The molecule has 2 nitrogen and oxygen atoms in total. The second-order valence-electron chi connectivity index (χ2n) is 5.53. The maximum absolute atomic E-state index is 5.97. The molecule has 1 aliphatic carbocycles. The molecule has 0 amide bonds. The molecule has 1 aromatic carbocycles. The number of hydrogen-bond donors (Lipinski definition) is 1. The van der Waals surface area contributed by atoms with Gasteiger partial charge in [0.25, 0.3) is 0 Å². The Morgan fingerprint density at radius 1 is 1.22 bits per heavy atom. The van der Waals surface area contributed by atoms with Gasteiger partial charge >= 0.3 is 0 Å². The van der Waals surface area contributed by atoms with Gasteiger partial charge in [-0.3, -0.25) is 0 Å². The average Bonchev–Trinajstić information content (AvgIpc) is 3.12. The average molecular weight is 247 g/mol. The summed E-state index contributed by atoms with van der Waals surface area (Å²) in [4.78, 5) is 0. The van der Waals surface area contributed by atoms with Gasteiger partial charge in [-0.25, -0.2) is 0 Å². The van der Waals surface area contributed by atoms with Gasteiger partial charge in [0.05, 0.1) is 0 Å². The van der Waals surface area contributed by atoms with Crippen LogP contribution in [-0.4, -0.2) is 19.2 Å². The molecule has 18 heavy (non-hydrogen) atoms. The molecule has 1 fully saturated rings. The molecule has 0 heterocycles. The molecule has 0 spiro atoms. The number of rotatable bonds is 7. The van der Waals surface area contributed by atoms with E-state index < -0.39 is 0 Å². The smallest absolute Gasteiger partial charge is 0.119 e. The molecule has 1 aliphatic rings. The van der Waals surface area contributed by atoms with E-state index in [0.717, 1.165) is 24.8 Å². The molecule has 1 unspecified atom stereocenters. The Bertz CT molecular complexity index is 364. The quantitative estimate of drug-likeness (QED) is 0.796. The van der Waals surface area contributed by atoms with Gasteiger partial charge in [0.1, 0.15) is 12.4 Å². The minimum atomic E-state index is 0.533. The van der Waals surface area contributed by atoms with E-state index >= 15 is 0 Å². The third-order valence-corrected chi connectivity index (χ3v) is 3.47. The zero-order valence-electron chi connectivity index (χ0n) is 11.8. The van der Waals surface area contributed by atoms with Crippen molar-refractivity contribution in [2.24, 2.45) is 5.92 Å². The molecular formula is C16H25NO. The van der Waals surface area contributed by atoms with Gasteiger partial charge in [-0.1, -0.05) is 13.0 Å². The number of hydrogen-bond acceptors (Lipinski definition) is 2. The highest BCUT2D eigenvalue weighted by Gasteiger charge is 2.31. The van der Waals surface area contributed by atoms with Crippen molar-refractivity contribution in [3.05, 3.63) is 29.3 Å². The van der Waals surface area contributed by atoms with E-state index in [1.165, 1.54) is 30.4 Å². The highest BCUT2D eigenvalue weighted by molar-refractivity contribution is 5.33. The van der Waals surface area contributed by atoms with Crippen molar-refractivity contribution in [1.82, 2.24) is 5.32 Å². The van der Waals surface area contributed by atoms with Crippen LogP contribution in [0.4, 0.5) is 0 Å². The summed E-state index contributed by atoms with van der Waals surface area (Å²) in [6.45, 7) is 8.34. The SMILES string of the molecule is CCCNC(COc1cc(C)cc(C)c1)C1CC1. The fourth-order valence-electron chi connectivity index (χ4n) is 2.39. The lowest BCUT2D eigenvalue weighted by atomic mass is 10.1. The first-order chi connectivity index (χ1) is 8.69. The van der Waals surface area contributed by atoms with Crippen molar-refractivity contribution in [2.75, 3.05) is 13.2 Å². The lowest BCUT2D eigenvalue weighted by Gasteiger charge is -2.19. The predicted octanol–water partition coefficient (Wildman–Crippen LogP) is 3.46. The van der Waals surface area contributed by atoms with Crippen LogP contribution in [0.2, 0.25) is 0 Å². The molecule has 1 atom stereocenters. The summed E-state index contributed by atoms with van der Waals surface area (Å²) in [5.74, 6) is 1.85. The van der Waals surface area contributed by atoms with Crippen LogP contribution in [0.15, 0.2) is 18.2 Å². The molecule has 1 N–H and O–H groups in total. The summed E-state index contributed by atoms with van der Waals surface area (Å²) in [7, 11) is 0. The van der Waals surface area contributed by atoms with Crippen LogP contribution in [-0.2, 0) is 0 Å². The molecule has 1 saturated carbocycles. The Balaban J connectivity index is 1.87. The monoisotopic (exact) mass is 247 g/mol. The fraction of sp³-hybridized carbons (Fsp3) is 0.625. The van der Waals surface area contributed by atoms with Crippen molar-refractivity contribution in [1.29, 1.82) is 0 Å². The van der Waals surface area contributed by atoms with Crippen LogP contribution in [0.5, 0.6) is 5.75 Å². The largest absolute Gasteiger partial charge is 0.492 e.